The number of hydrogen-bond acceptors (Lipinski definition) is 6. The first-order chi connectivity index (χ1) is 13.7. The lowest BCUT2D eigenvalue weighted by Crippen LogP contribution is -2.71. The van der Waals surface area contributed by atoms with Crippen molar-refractivity contribution in [3.8, 4) is 0 Å². The number of β-lactam (4-membered cyclic amide) rings is 1. The molecule has 0 aromatic heterocycles. The number of aliphatic hydroxyl groups excluding tert-OH is 1. The minimum Gasteiger partial charge on any atom is -0.477 e. The standard InChI is InChI=1S/C21H33N3O4S/c1-10(13-5-6-22-8-13)15-7-14(9-23-15)29-18-11(2)21(4)16(12(3)25)19(26)24(21)17(18)20(27)28/h10-16,22-23,25H,5-9H2,1-4H3,(H,27,28)/t10-,11+,12-,13-,14+,15+,16+,21-/m1/s1. The molecule has 4 aliphatic rings. The zero-order chi connectivity index (χ0) is 21.1. The van der Waals surface area contributed by atoms with E-state index >= 15 is 0 Å². The van der Waals surface area contributed by atoms with Gasteiger partial charge in [0.25, 0.3) is 0 Å². The Hall–Kier alpha value is -1.09. The highest BCUT2D eigenvalue weighted by molar-refractivity contribution is 8.03. The number of carbonyl (C=O) groups excluding carboxylic acids is 1. The Bertz CT molecular complexity index is 735. The summed E-state index contributed by atoms with van der Waals surface area (Å²) in [6.45, 7) is 10.9. The Morgan fingerprint density at radius 3 is 2.66 bits per heavy atom. The molecule has 3 fully saturated rings. The molecule has 7 nitrogen and oxygen atoms in total. The lowest BCUT2D eigenvalue weighted by Gasteiger charge is -2.55. The maximum absolute atomic E-state index is 12.7. The van der Waals surface area contributed by atoms with Gasteiger partial charge in [0, 0.05) is 28.7 Å². The summed E-state index contributed by atoms with van der Waals surface area (Å²) in [7, 11) is 0. The van der Waals surface area contributed by atoms with Crippen LogP contribution in [0.1, 0.15) is 40.5 Å². The van der Waals surface area contributed by atoms with Crippen LogP contribution in [0.15, 0.2) is 10.6 Å². The molecular formula is C21H33N3O4S. The first kappa shape index (κ1) is 21.2. The number of aliphatic carboxylic acids is 1. The molecule has 4 N–H and O–H groups in total. The molecule has 0 aromatic carbocycles. The van der Waals surface area contributed by atoms with Crippen molar-refractivity contribution >= 4 is 23.6 Å². The summed E-state index contributed by atoms with van der Waals surface area (Å²) >= 11 is 1.63. The monoisotopic (exact) mass is 423 g/mol. The molecule has 0 bridgehead atoms. The molecule has 4 rings (SSSR count). The molecule has 0 unspecified atom stereocenters. The van der Waals surface area contributed by atoms with Crippen molar-refractivity contribution in [1.82, 2.24) is 15.5 Å². The normalized spacial score (nSPS) is 41.5. The maximum atomic E-state index is 12.7. The molecule has 0 saturated carbocycles. The van der Waals surface area contributed by atoms with Gasteiger partial charge < -0.3 is 20.8 Å². The van der Waals surface area contributed by atoms with E-state index < -0.39 is 23.5 Å². The number of carboxylic acids is 1. The Morgan fingerprint density at radius 1 is 1.34 bits per heavy atom. The average molecular weight is 424 g/mol. The molecule has 0 radical (unpaired) electrons. The highest BCUT2D eigenvalue weighted by Gasteiger charge is 2.68. The molecule has 0 aliphatic carbocycles. The van der Waals surface area contributed by atoms with Gasteiger partial charge in [-0.25, -0.2) is 4.79 Å². The smallest absolute Gasteiger partial charge is 0.353 e. The highest BCUT2D eigenvalue weighted by Crippen LogP contribution is 2.58. The van der Waals surface area contributed by atoms with Gasteiger partial charge in [-0.15, -0.1) is 11.8 Å². The number of nitrogens with zero attached hydrogens (tertiary/aromatic N) is 1. The number of hydrogen-bond donors (Lipinski definition) is 4. The van der Waals surface area contributed by atoms with Crippen molar-refractivity contribution in [2.45, 2.75) is 63.5 Å². The van der Waals surface area contributed by atoms with Crippen LogP contribution in [-0.2, 0) is 9.59 Å². The number of thioether (sulfide) groups is 1. The lowest BCUT2D eigenvalue weighted by atomic mass is 9.67. The van der Waals surface area contributed by atoms with Crippen LogP contribution in [-0.4, -0.2) is 69.6 Å². The van der Waals surface area contributed by atoms with Crippen LogP contribution in [0.4, 0.5) is 0 Å². The van der Waals surface area contributed by atoms with Gasteiger partial charge in [-0.3, -0.25) is 9.69 Å². The number of carbonyl (C=O) groups is 2. The number of aliphatic hydroxyl groups is 1. The number of nitrogens with one attached hydrogen (secondary N) is 2. The molecule has 8 heteroatoms. The molecule has 4 aliphatic heterocycles. The van der Waals surface area contributed by atoms with Gasteiger partial charge in [0.2, 0.25) is 5.91 Å². The van der Waals surface area contributed by atoms with Gasteiger partial charge in [-0.1, -0.05) is 13.8 Å². The SMILES string of the molecule is C[C@H]([C@@H]1CCNC1)[C@@H]1C[C@H](SC2=C(C(=O)O)N3C(=O)[C@H]([C@@H](C)O)[C@@]3(C)[C@H]2C)CN1. The van der Waals surface area contributed by atoms with Gasteiger partial charge >= 0.3 is 5.97 Å². The van der Waals surface area contributed by atoms with Crippen LogP contribution in [0, 0.1) is 23.7 Å². The first-order valence-corrected chi connectivity index (χ1v) is 11.7. The van der Waals surface area contributed by atoms with Gasteiger partial charge in [0.05, 0.1) is 17.6 Å². The largest absolute Gasteiger partial charge is 0.477 e. The van der Waals surface area contributed by atoms with Crippen LogP contribution >= 0.6 is 11.8 Å². The summed E-state index contributed by atoms with van der Waals surface area (Å²) < 4.78 is 0. The minimum absolute atomic E-state index is 0.105. The topological polar surface area (TPSA) is 102 Å². The van der Waals surface area contributed by atoms with Gasteiger partial charge in [-0.2, -0.15) is 0 Å². The van der Waals surface area contributed by atoms with Crippen molar-refractivity contribution in [3.05, 3.63) is 10.6 Å². The van der Waals surface area contributed by atoms with Crippen molar-refractivity contribution in [2.75, 3.05) is 19.6 Å². The second kappa shape index (κ2) is 7.55. The number of rotatable bonds is 6. The first-order valence-electron chi connectivity index (χ1n) is 10.8. The molecule has 0 aromatic rings. The fourth-order valence-electron chi connectivity index (χ4n) is 6.00. The van der Waals surface area contributed by atoms with E-state index in [2.05, 4.69) is 17.6 Å². The van der Waals surface area contributed by atoms with Gasteiger partial charge in [-0.05, 0) is 51.6 Å². The molecule has 0 spiro atoms. The van der Waals surface area contributed by atoms with Crippen molar-refractivity contribution in [3.63, 3.8) is 0 Å². The molecule has 162 valence electrons. The molecular weight excluding hydrogens is 390 g/mol. The second-order valence-electron chi connectivity index (χ2n) is 9.46. The summed E-state index contributed by atoms with van der Waals surface area (Å²) in [4.78, 5) is 27.0. The summed E-state index contributed by atoms with van der Waals surface area (Å²) in [5.74, 6) is -0.690. The third-order valence-electron chi connectivity index (χ3n) is 7.90. The maximum Gasteiger partial charge on any atom is 0.353 e. The van der Waals surface area contributed by atoms with E-state index in [1.54, 1.807) is 18.7 Å². The highest BCUT2D eigenvalue weighted by atomic mass is 32.2. The van der Waals surface area contributed by atoms with Gasteiger partial charge in [0.15, 0.2) is 0 Å². The minimum atomic E-state index is -1.05. The van der Waals surface area contributed by atoms with E-state index in [9.17, 15) is 19.8 Å². The van der Waals surface area contributed by atoms with Crippen molar-refractivity contribution in [1.29, 1.82) is 0 Å². The molecule has 29 heavy (non-hydrogen) atoms. The predicted molar refractivity (Wildman–Crippen MR) is 112 cm³/mol. The van der Waals surface area contributed by atoms with Crippen LogP contribution in [0.5, 0.6) is 0 Å². The Morgan fingerprint density at radius 2 is 2.07 bits per heavy atom. The number of carboxylic acid groups (broad SMARTS) is 1. The fourth-order valence-corrected chi connectivity index (χ4v) is 7.58. The molecule has 4 heterocycles. The quantitative estimate of drug-likeness (QED) is 0.477. The van der Waals surface area contributed by atoms with E-state index in [4.69, 9.17) is 0 Å². The molecule has 1 amide bonds. The Kier molecular flexibility index (Phi) is 5.51. The zero-order valence-corrected chi connectivity index (χ0v) is 18.5. The number of fused-ring (bicyclic) bond motifs is 1. The van der Waals surface area contributed by atoms with Crippen molar-refractivity contribution in [2.24, 2.45) is 23.7 Å². The van der Waals surface area contributed by atoms with Crippen LogP contribution < -0.4 is 10.6 Å². The zero-order valence-electron chi connectivity index (χ0n) is 17.6. The predicted octanol–water partition coefficient (Wildman–Crippen LogP) is 1.24. The third-order valence-corrected chi connectivity index (χ3v) is 9.40. The Labute approximate surface area is 176 Å². The molecule has 8 atom stereocenters. The Balaban J connectivity index is 1.51. The van der Waals surface area contributed by atoms with E-state index in [-0.39, 0.29) is 17.5 Å². The van der Waals surface area contributed by atoms with Crippen LogP contribution in [0.25, 0.3) is 0 Å². The third kappa shape index (κ3) is 3.14. The van der Waals surface area contributed by atoms with E-state index in [0.717, 1.165) is 31.0 Å². The summed E-state index contributed by atoms with van der Waals surface area (Å²) in [5, 5.41) is 27.4. The average Bonchev–Trinajstić information content (AvgIpc) is 3.36. The van der Waals surface area contributed by atoms with E-state index in [1.807, 2.05) is 13.8 Å². The summed E-state index contributed by atoms with van der Waals surface area (Å²) in [5.41, 5.74) is -0.529. The van der Waals surface area contributed by atoms with Crippen LogP contribution in [0.2, 0.25) is 0 Å². The summed E-state index contributed by atoms with van der Waals surface area (Å²) in [6.07, 6.45) is 1.44. The second-order valence-corrected chi connectivity index (χ2v) is 10.8. The molecule has 3 saturated heterocycles. The fraction of sp³-hybridized carbons (Fsp3) is 0.810. The van der Waals surface area contributed by atoms with Crippen molar-refractivity contribution < 1.29 is 19.8 Å². The van der Waals surface area contributed by atoms with E-state index in [0.29, 0.717) is 23.1 Å². The van der Waals surface area contributed by atoms with Gasteiger partial charge in [0.1, 0.15) is 5.70 Å². The number of amides is 1. The lowest BCUT2D eigenvalue weighted by molar-refractivity contribution is -0.177. The summed E-state index contributed by atoms with van der Waals surface area (Å²) in [6, 6.07) is 0.447. The van der Waals surface area contributed by atoms with E-state index in [1.165, 1.54) is 11.3 Å². The van der Waals surface area contributed by atoms with Crippen LogP contribution in [0.3, 0.4) is 0 Å².